The molecule has 0 saturated carbocycles. The Morgan fingerprint density at radius 1 is 0.776 bits per heavy atom. The van der Waals surface area contributed by atoms with Gasteiger partial charge in [0, 0.05) is 47.0 Å². The maximum absolute atomic E-state index is 13.5. The second-order valence-electron chi connectivity index (χ2n) is 12.1. The van der Waals surface area contributed by atoms with Crippen molar-refractivity contribution in [1.82, 2.24) is 19.9 Å². The summed E-state index contributed by atoms with van der Waals surface area (Å²) in [6, 6.07) is 31.9. The van der Waals surface area contributed by atoms with Crippen LogP contribution in [0.5, 0.6) is 5.75 Å². The van der Waals surface area contributed by atoms with Gasteiger partial charge in [-0.3, -0.25) is 9.59 Å². The SMILES string of the molecule is C/C=C/C(=O)c1cccc(Nc2nc(Nc3cccc(OC)c3)ncc2C(F)(F)F)c1.C=CC(=O)Cc1ccc(Nc2nc(Nc3ccccc3)ncc2C#N)cc1. The van der Waals surface area contributed by atoms with Gasteiger partial charge in [0.05, 0.1) is 13.3 Å². The fourth-order valence-electron chi connectivity index (χ4n) is 5.09. The lowest BCUT2D eigenvalue weighted by Crippen LogP contribution is -2.12. The standard InChI is InChI=1S/C22H19F3N4O2.C21H17N5O/c1-3-6-19(30)14-7-4-8-15(11-14)27-20-18(22(23,24)25)13-26-21(29-20)28-16-9-5-10-17(12-16)31-2;1-2-19(27)12-15-8-10-18(11-9-15)24-20-16(13-22)14-23-21(26-20)25-17-6-4-3-5-7-17/h3-13H,1-2H3,(H2,26,27,28,29);2-11,14H,1,12H2,(H2,23,24,25,26)/b6-3+;. The Bertz CT molecular complexity index is 2450. The number of rotatable bonds is 14. The number of aromatic nitrogens is 4. The van der Waals surface area contributed by atoms with Gasteiger partial charge in [-0.25, -0.2) is 9.97 Å². The number of benzene rings is 4. The van der Waals surface area contributed by atoms with Gasteiger partial charge in [0.25, 0.3) is 0 Å². The molecule has 0 aliphatic heterocycles. The summed E-state index contributed by atoms with van der Waals surface area (Å²) in [6.45, 7) is 5.18. The van der Waals surface area contributed by atoms with Crippen molar-refractivity contribution in [3.8, 4) is 11.8 Å². The van der Waals surface area contributed by atoms with Gasteiger partial charge >= 0.3 is 6.18 Å². The number of nitrogens with zero attached hydrogens (tertiary/aromatic N) is 5. The molecule has 0 bridgehead atoms. The van der Waals surface area contributed by atoms with E-state index < -0.39 is 17.6 Å². The van der Waals surface area contributed by atoms with Crippen LogP contribution in [0.25, 0.3) is 0 Å². The average Bonchev–Trinajstić information content (AvgIpc) is 3.22. The summed E-state index contributed by atoms with van der Waals surface area (Å²) in [6.07, 6.45) is 2.09. The largest absolute Gasteiger partial charge is 0.497 e. The zero-order valence-corrected chi connectivity index (χ0v) is 31.2. The number of nitriles is 1. The van der Waals surface area contributed by atoms with E-state index in [2.05, 4.69) is 53.9 Å². The van der Waals surface area contributed by atoms with E-state index in [0.717, 1.165) is 16.9 Å². The fraction of sp³-hybridized carbons (Fsp3) is 0.0930. The van der Waals surface area contributed by atoms with E-state index in [0.29, 0.717) is 46.9 Å². The number of halogens is 3. The summed E-state index contributed by atoms with van der Waals surface area (Å²) in [7, 11) is 1.50. The van der Waals surface area contributed by atoms with Gasteiger partial charge in [-0.2, -0.15) is 28.4 Å². The number of nitrogens with one attached hydrogen (secondary N) is 4. The van der Waals surface area contributed by atoms with Crippen molar-refractivity contribution in [2.45, 2.75) is 19.5 Å². The van der Waals surface area contributed by atoms with Crippen LogP contribution in [0.15, 0.2) is 140 Å². The number of carbonyl (C=O) groups excluding carboxylic acids is 2. The van der Waals surface area contributed by atoms with Crippen LogP contribution in [-0.4, -0.2) is 38.6 Å². The van der Waals surface area contributed by atoms with Crippen molar-refractivity contribution in [2.24, 2.45) is 0 Å². The van der Waals surface area contributed by atoms with Crippen molar-refractivity contribution in [1.29, 1.82) is 5.26 Å². The van der Waals surface area contributed by atoms with Crippen LogP contribution in [0.1, 0.15) is 34.0 Å². The van der Waals surface area contributed by atoms with Crippen LogP contribution < -0.4 is 26.0 Å². The third-order valence-electron chi connectivity index (χ3n) is 7.91. The summed E-state index contributed by atoms with van der Waals surface area (Å²) in [5.74, 6) is 0.586. The lowest BCUT2D eigenvalue weighted by molar-refractivity contribution is -0.137. The molecule has 58 heavy (non-hydrogen) atoms. The Morgan fingerprint density at radius 2 is 1.38 bits per heavy atom. The first kappa shape index (κ1) is 41.3. The van der Waals surface area contributed by atoms with E-state index in [9.17, 15) is 28.0 Å². The summed E-state index contributed by atoms with van der Waals surface area (Å²) < 4.78 is 45.6. The molecular weight excluding hydrogens is 748 g/mol. The highest BCUT2D eigenvalue weighted by molar-refractivity contribution is 6.05. The lowest BCUT2D eigenvalue weighted by Gasteiger charge is -2.15. The normalized spacial score (nSPS) is 10.7. The Balaban J connectivity index is 0.000000223. The van der Waals surface area contributed by atoms with Crippen LogP contribution in [0.2, 0.25) is 0 Å². The minimum absolute atomic E-state index is 0.0325. The molecule has 0 spiro atoms. The molecule has 0 amide bonds. The molecule has 4 N–H and O–H groups in total. The highest BCUT2D eigenvalue weighted by Gasteiger charge is 2.35. The number of ketones is 2. The van der Waals surface area contributed by atoms with Crippen molar-refractivity contribution < 1.29 is 27.5 Å². The fourth-order valence-corrected chi connectivity index (χ4v) is 5.09. The van der Waals surface area contributed by atoms with E-state index in [1.165, 1.54) is 31.5 Å². The summed E-state index contributed by atoms with van der Waals surface area (Å²) in [5, 5.41) is 21.0. The van der Waals surface area contributed by atoms with Crippen LogP contribution in [0.3, 0.4) is 0 Å². The van der Waals surface area contributed by atoms with E-state index in [-0.39, 0.29) is 23.2 Å². The van der Waals surface area contributed by atoms with Gasteiger partial charge in [-0.15, -0.1) is 0 Å². The molecule has 15 heteroatoms. The average molecular weight is 784 g/mol. The maximum atomic E-state index is 13.5. The molecule has 12 nitrogen and oxygen atoms in total. The highest BCUT2D eigenvalue weighted by atomic mass is 19.4. The first-order valence-electron chi connectivity index (χ1n) is 17.5. The van der Waals surface area contributed by atoms with Gasteiger partial charge in [-0.1, -0.05) is 61.2 Å². The first-order valence-corrected chi connectivity index (χ1v) is 17.5. The predicted molar refractivity (Wildman–Crippen MR) is 217 cm³/mol. The van der Waals surface area contributed by atoms with Gasteiger partial charge in [-0.05, 0) is 73.2 Å². The van der Waals surface area contributed by atoms with Gasteiger partial charge < -0.3 is 26.0 Å². The number of ether oxygens (including phenoxy) is 1. The van der Waals surface area contributed by atoms with Crippen molar-refractivity contribution in [3.63, 3.8) is 0 Å². The first-order chi connectivity index (χ1) is 28.0. The zero-order chi connectivity index (χ0) is 41.5. The minimum atomic E-state index is -4.67. The van der Waals surface area contributed by atoms with Gasteiger partial charge in [0.15, 0.2) is 17.4 Å². The van der Waals surface area contributed by atoms with Crippen molar-refractivity contribution >= 4 is 57.8 Å². The monoisotopic (exact) mass is 783 g/mol. The zero-order valence-electron chi connectivity index (χ0n) is 31.2. The Hall–Kier alpha value is -7.86. The molecule has 0 fully saturated rings. The third-order valence-corrected chi connectivity index (χ3v) is 7.91. The van der Waals surface area contributed by atoms with E-state index in [4.69, 9.17) is 4.74 Å². The molecule has 0 atom stereocenters. The Morgan fingerprint density at radius 3 is 2.03 bits per heavy atom. The third kappa shape index (κ3) is 11.8. The number of hydrogen-bond acceptors (Lipinski definition) is 12. The van der Waals surface area contributed by atoms with Crippen molar-refractivity contribution in [2.75, 3.05) is 28.4 Å². The number of carbonyl (C=O) groups is 2. The highest BCUT2D eigenvalue weighted by Crippen LogP contribution is 2.35. The maximum Gasteiger partial charge on any atom is 0.421 e. The molecule has 6 rings (SSSR count). The Kier molecular flexibility index (Phi) is 14.0. The number of hydrogen-bond donors (Lipinski definition) is 4. The molecule has 2 aromatic heterocycles. The number of alkyl halides is 3. The number of para-hydroxylation sites is 1. The van der Waals surface area contributed by atoms with Crippen molar-refractivity contribution in [3.05, 3.63) is 163 Å². The van der Waals surface area contributed by atoms with Crippen LogP contribution in [0, 0.1) is 11.3 Å². The minimum Gasteiger partial charge on any atom is -0.497 e. The van der Waals surface area contributed by atoms with E-state index in [1.54, 1.807) is 55.5 Å². The van der Waals surface area contributed by atoms with Crippen LogP contribution >= 0.6 is 0 Å². The quantitative estimate of drug-likeness (QED) is 0.0611. The molecule has 0 aliphatic carbocycles. The summed E-state index contributed by atoms with van der Waals surface area (Å²) >= 11 is 0. The number of allylic oxidation sites excluding steroid dienone is 3. The van der Waals surface area contributed by atoms with Gasteiger partial charge in [0.2, 0.25) is 11.9 Å². The second-order valence-corrected chi connectivity index (χ2v) is 12.1. The molecule has 0 saturated heterocycles. The van der Waals surface area contributed by atoms with Gasteiger partial charge in [0.1, 0.15) is 28.8 Å². The lowest BCUT2D eigenvalue weighted by atomic mass is 10.1. The van der Waals surface area contributed by atoms with Crippen LogP contribution in [-0.2, 0) is 17.4 Å². The predicted octanol–water partition coefficient (Wildman–Crippen LogP) is 9.88. The summed E-state index contributed by atoms with van der Waals surface area (Å²) in [4.78, 5) is 39.8. The summed E-state index contributed by atoms with van der Waals surface area (Å²) in [5.41, 5.74) is 2.96. The molecule has 0 unspecified atom stereocenters. The van der Waals surface area contributed by atoms with E-state index >= 15 is 0 Å². The van der Waals surface area contributed by atoms with Crippen LogP contribution in [0.4, 0.5) is 59.5 Å². The molecule has 292 valence electrons. The van der Waals surface area contributed by atoms with E-state index in [1.807, 2.05) is 54.6 Å². The second kappa shape index (κ2) is 19.6. The molecule has 0 aliphatic rings. The number of methoxy groups -OCH3 is 1. The molecule has 4 aromatic carbocycles. The number of anilines is 8. The topological polar surface area (TPSA) is 167 Å². The smallest absolute Gasteiger partial charge is 0.421 e. The molecule has 6 aromatic rings. The molecule has 0 radical (unpaired) electrons. The Labute approximate surface area is 332 Å². The molecular formula is C43H36F3N9O3. The molecule has 2 heterocycles.